The number of methoxy groups -OCH3 is 1. The SMILES string of the molecule is CCc1ccccc1NC(=O)CCN1C(=S)N[C@H](c2ccccn2)[C@H]1c1cc(C)n(-c2ccc(OC)cc2)c1C. The molecule has 0 bridgehead atoms. The fourth-order valence-corrected chi connectivity index (χ4v) is 5.92. The van der Waals surface area contributed by atoms with Gasteiger partial charge in [-0.25, -0.2) is 0 Å². The second-order valence-corrected chi connectivity index (χ2v) is 10.4. The van der Waals surface area contributed by atoms with Gasteiger partial charge in [0.25, 0.3) is 0 Å². The largest absolute Gasteiger partial charge is 0.497 e. The van der Waals surface area contributed by atoms with Crippen molar-refractivity contribution in [2.75, 3.05) is 19.0 Å². The van der Waals surface area contributed by atoms with Gasteiger partial charge in [-0.05, 0) is 92.1 Å². The number of para-hydroxylation sites is 1. The Kier molecular flexibility index (Phi) is 8.16. The number of hydrogen-bond donors (Lipinski definition) is 2. The molecule has 0 unspecified atom stereocenters. The Balaban J connectivity index is 1.46. The van der Waals surface area contributed by atoms with Gasteiger partial charge in [0.15, 0.2) is 5.11 Å². The molecule has 2 aromatic carbocycles. The van der Waals surface area contributed by atoms with Gasteiger partial charge in [-0.1, -0.05) is 31.2 Å². The third-order valence-corrected chi connectivity index (χ3v) is 7.92. The van der Waals surface area contributed by atoms with Crippen LogP contribution in [0.2, 0.25) is 0 Å². The number of aromatic nitrogens is 2. The van der Waals surface area contributed by atoms with E-state index in [0.29, 0.717) is 18.1 Å². The zero-order valence-corrected chi connectivity index (χ0v) is 24.2. The zero-order chi connectivity index (χ0) is 28.2. The predicted octanol–water partition coefficient (Wildman–Crippen LogP) is 6.06. The van der Waals surface area contributed by atoms with Gasteiger partial charge in [0.1, 0.15) is 5.75 Å². The van der Waals surface area contributed by atoms with E-state index in [1.807, 2.05) is 54.6 Å². The maximum atomic E-state index is 13.1. The highest BCUT2D eigenvalue weighted by molar-refractivity contribution is 7.80. The first-order valence-corrected chi connectivity index (χ1v) is 14.0. The van der Waals surface area contributed by atoms with Gasteiger partial charge in [-0.2, -0.15) is 0 Å². The van der Waals surface area contributed by atoms with E-state index >= 15 is 0 Å². The molecule has 0 saturated carbocycles. The molecule has 0 radical (unpaired) electrons. The molecule has 0 aliphatic carbocycles. The van der Waals surface area contributed by atoms with Crippen LogP contribution in [0.25, 0.3) is 5.69 Å². The van der Waals surface area contributed by atoms with Crippen LogP contribution in [-0.4, -0.2) is 39.1 Å². The van der Waals surface area contributed by atoms with E-state index in [2.05, 4.69) is 64.1 Å². The maximum absolute atomic E-state index is 13.1. The topological polar surface area (TPSA) is 71.4 Å². The summed E-state index contributed by atoms with van der Waals surface area (Å²) >= 11 is 5.85. The standard InChI is InChI=1S/C32H35N5O2S/c1-5-23-10-6-7-11-27(23)34-29(38)17-19-36-31(30(35-32(36)40)28-12-8-9-18-33-28)26-20-21(2)37(22(26)3)24-13-15-25(39-4)16-14-24/h6-16,18,20,30-31H,5,17,19H2,1-4H3,(H,34,38)(H,35,40)/t30-,31-/m1/s1. The van der Waals surface area contributed by atoms with E-state index in [-0.39, 0.29) is 18.0 Å². The van der Waals surface area contributed by atoms with Crippen molar-refractivity contribution in [3.63, 3.8) is 0 Å². The molecule has 4 aromatic rings. The lowest BCUT2D eigenvalue weighted by atomic mass is 9.96. The minimum absolute atomic E-state index is 0.0348. The van der Waals surface area contributed by atoms with E-state index in [9.17, 15) is 4.79 Å². The molecule has 2 aromatic heterocycles. The molecule has 1 aliphatic heterocycles. The molecular formula is C32H35N5O2S. The molecule has 0 spiro atoms. The second-order valence-electron chi connectivity index (χ2n) is 9.99. The number of carbonyl (C=O) groups excluding carboxylic acids is 1. The molecule has 1 aliphatic rings. The average molecular weight is 554 g/mol. The summed E-state index contributed by atoms with van der Waals surface area (Å²) in [5.74, 6) is 0.783. The van der Waals surface area contributed by atoms with Crippen molar-refractivity contribution >= 4 is 28.9 Å². The number of aryl methyl sites for hydroxylation is 2. The molecule has 5 rings (SSSR count). The Morgan fingerprint density at radius 2 is 1.82 bits per heavy atom. The summed E-state index contributed by atoms with van der Waals surface area (Å²) in [4.78, 5) is 19.9. The third-order valence-electron chi connectivity index (χ3n) is 7.57. The first kappa shape index (κ1) is 27.4. The van der Waals surface area contributed by atoms with Crippen molar-refractivity contribution in [2.45, 2.75) is 45.7 Å². The highest BCUT2D eigenvalue weighted by atomic mass is 32.1. The third kappa shape index (κ3) is 5.45. The molecule has 1 fully saturated rings. The summed E-state index contributed by atoms with van der Waals surface area (Å²) < 4.78 is 7.61. The van der Waals surface area contributed by atoms with Crippen molar-refractivity contribution in [3.8, 4) is 11.4 Å². The number of nitrogens with one attached hydrogen (secondary N) is 2. The van der Waals surface area contributed by atoms with Crippen molar-refractivity contribution in [2.24, 2.45) is 0 Å². The van der Waals surface area contributed by atoms with Gasteiger partial charge < -0.3 is 24.8 Å². The van der Waals surface area contributed by atoms with Gasteiger partial charge in [0, 0.05) is 41.9 Å². The summed E-state index contributed by atoms with van der Waals surface area (Å²) in [6.07, 6.45) is 2.97. The van der Waals surface area contributed by atoms with Gasteiger partial charge >= 0.3 is 0 Å². The molecule has 7 nitrogen and oxygen atoms in total. The molecule has 3 heterocycles. The van der Waals surface area contributed by atoms with Crippen LogP contribution in [0, 0.1) is 13.8 Å². The number of anilines is 1. The number of rotatable bonds is 9. The maximum Gasteiger partial charge on any atom is 0.226 e. The van der Waals surface area contributed by atoms with Crippen molar-refractivity contribution in [3.05, 3.63) is 107 Å². The van der Waals surface area contributed by atoms with Crippen molar-refractivity contribution < 1.29 is 9.53 Å². The van der Waals surface area contributed by atoms with Crippen LogP contribution in [0.3, 0.4) is 0 Å². The summed E-state index contributed by atoms with van der Waals surface area (Å²) in [6.45, 7) is 6.81. The van der Waals surface area contributed by atoms with Gasteiger partial charge in [-0.15, -0.1) is 0 Å². The fraction of sp³-hybridized carbons (Fsp3) is 0.281. The lowest BCUT2D eigenvalue weighted by Gasteiger charge is -2.28. The van der Waals surface area contributed by atoms with Crippen LogP contribution in [0.15, 0.2) is 79.0 Å². The van der Waals surface area contributed by atoms with Crippen LogP contribution in [0.5, 0.6) is 5.75 Å². The number of pyridine rings is 1. The lowest BCUT2D eigenvalue weighted by Crippen LogP contribution is -2.33. The van der Waals surface area contributed by atoms with Gasteiger partial charge in [0.2, 0.25) is 5.91 Å². The molecule has 2 N–H and O–H groups in total. The minimum atomic E-state index is -0.151. The molecule has 2 atom stereocenters. The van der Waals surface area contributed by atoms with Gasteiger partial charge in [-0.3, -0.25) is 9.78 Å². The lowest BCUT2D eigenvalue weighted by molar-refractivity contribution is -0.116. The minimum Gasteiger partial charge on any atom is -0.497 e. The zero-order valence-electron chi connectivity index (χ0n) is 23.3. The molecule has 1 saturated heterocycles. The highest BCUT2D eigenvalue weighted by Gasteiger charge is 2.41. The number of ether oxygens (including phenoxy) is 1. The Bertz CT molecular complexity index is 1500. The molecule has 8 heteroatoms. The van der Waals surface area contributed by atoms with Crippen molar-refractivity contribution in [1.82, 2.24) is 19.8 Å². The number of nitrogens with zero attached hydrogens (tertiary/aromatic N) is 3. The highest BCUT2D eigenvalue weighted by Crippen LogP contribution is 2.41. The summed E-state index contributed by atoms with van der Waals surface area (Å²) in [5, 5.41) is 7.23. The van der Waals surface area contributed by atoms with E-state index < -0.39 is 0 Å². The first-order chi connectivity index (χ1) is 19.4. The van der Waals surface area contributed by atoms with E-state index in [0.717, 1.165) is 51.8 Å². The Hall–Kier alpha value is -4.17. The number of benzene rings is 2. The summed E-state index contributed by atoms with van der Waals surface area (Å²) in [6, 6.07) is 23.9. The normalized spacial score (nSPS) is 16.6. The van der Waals surface area contributed by atoms with Crippen LogP contribution < -0.4 is 15.4 Å². The Labute approximate surface area is 241 Å². The van der Waals surface area contributed by atoms with E-state index in [4.69, 9.17) is 17.0 Å². The number of thiocarbonyl (C=S) groups is 1. The smallest absolute Gasteiger partial charge is 0.226 e. The van der Waals surface area contributed by atoms with Crippen LogP contribution in [0.1, 0.15) is 53.6 Å². The number of amides is 1. The fourth-order valence-electron chi connectivity index (χ4n) is 5.59. The van der Waals surface area contributed by atoms with E-state index in [1.165, 1.54) is 0 Å². The van der Waals surface area contributed by atoms with Crippen LogP contribution in [-0.2, 0) is 11.2 Å². The van der Waals surface area contributed by atoms with Crippen LogP contribution in [0.4, 0.5) is 5.69 Å². The summed E-state index contributed by atoms with van der Waals surface area (Å²) in [5.41, 5.74) is 7.33. The first-order valence-electron chi connectivity index (χ1n) is 13.6. The molecular weight excluding hydrogens is 518 g/mol. The Morgan fingerprint density at radius 1 is 1.07 bits per heavy atom. The predicted molar refractivity (Wildman–Crippen MR) is 163 cm³/mol. The molecule has 40 heavy (non-hydrogen) atoms. The number of carbonyl (C=O) groups is 1. The molecule has 206 valence electrons. The van der Waals surface area contributed by atoms with E-state index in [1.54, 1.807) is 13.3 Å². The van der Waals surface area contributed by atoms with Crippen LogP contribution >= 0.6 is 12.2 Å². The molecule has 1 amide bonds. The number of hydrogen-bond acceptors (Lipinski definition) is 4. The quantitative estimate of drug-likeness (QED) is 0.246. The summed E-state index contributed by atoms with van der Waals surface area (Å²) in [7, 11) is 1.67. The monoisotopic (exact) mass is 553 g/mol. The second kappa shape index (κ2) is 11.9. The van der Waals surface area contributed by atoms with Gasteiger partial charge in [0.05, 0.1) is 24.9 Å². The van der Waals surface area contributed by atoms with Crippen molar-refractivity contribution in [1.29, 1.82) is 0 Å². The average Bonchev–Trinajstić information content (AvgIpc) is 3.46. The Morgan fingerprint density at radius 3 is 2.52 bits per heavy atom.